The van der Waals surface area contributed by atoms with Crippen LogP contribution in [0.25, 0.3) is 11.3 Å². The molecule has 3 atom stereocenters. The van der Waals surface area contributed by atoms with Gasteiger partial charge in [-0.2, -0.15) is 5.26 Å². The van der Waals surface area contributed by atoms with Gasteiger partial charge in [0, 0.05) is 18.0 Å². The summed E-state index contributed by atoms with van der Waals surface area (Å²) in [7, 11) is 0. The molecule has 1 fully saturated rings. The quantitative estimate of drug-likeness (QED) is 0.856. The highest BCUT2D eigenvalue weighted by molar-refractivity contribution is 5.69. The SMILES string of the molecule is N#CCN1CC[C@H]([C@@H]2c3ccccc3-c3cncn32)[C@@H](O)C1. The number of piperidine rings is 1. The van der Waals surface area contributed by atoms with Crippen molar-refractivity contribution in [3.63, 3.8) is 0 Å². The fourth-order valence-electron chi connectivity index (χ4n) is 3.94. The zero-order valence-electron chi connectivity index (χ0n) is 12.3. The molecule has 0 amide bonds. The van der Waals surface area contributed by atoms with Crippen molar-refractivity contribution in [2.45, 2.75) is 18.6 Å². The van der Waals surface area contributed by atoms with Crippen LogP contribution < -0.4 is 0 Å². The average molecular weight is 294 g/mol. The minimum Gasteiger partial charge on any atom is -0.391 e. The molecule has 0 radical (unpaired) electrons. The second-order valence-corrected chi connectivity index (χ2v) is 6.13. The number of likely N-dealkylation sites (tertiary alicyclic amines) is 1. The maximum Gasteiger partial charge on any atom is 0.0956 e. The van der Waals surface area contributed by atoms with Crippen molar-refractivity contribution < 1.29 is 5.11 Å². The first-order chi connectivity index (χ1) is 10.8. The van der Waals surface area contributed by atoms with Crippen molar-refractivity contribution >= 4 is 0 Å². The molecule has 0 spiro atoms. The third-order valence-corrected chi connectivity index (χ3v) is 4.94. The van der Waals surface area contributed by atoms with Crippen LogP contribution in [-0.4, -0.2) is 45.3 Å². The summed E-state index contributed by atoms with van der Waals surface area (Å²) in [6, 6.07) is 10.7. The minimum atomic E-state index is -0.423. The summed E-state index contributed by atoms with van der Waals surface area (Å²) in [5, 5.41) is 19.5. The van der Waals surface area contributed by atoms with E-state index in [1.165, 1.54) is 11.1 Å². The van der Waals surface area contributed by atoms with E-state index in [2.05, 4.69) is 33.8 Å². The second-order valence-electron chi connectivity index (χ2n) is 6.13. The highest BCUT2D eigenvalue weighted by Crippen LogP contribution is 2.45. The molecule has 0 unspecified atom stereocenters. The Morgan fingerprint density at radius 3 is 3.05 bits per heavy atom. The number of fused-ring (bicyclic) bond motifs is 3. The Balaban J connectivity index is 1.68. The van der Waals surface area contributed by atoms with Crippen molar-refractivity contribution in [3.8, 4) is 17.3 Å². The fraction of sp³-hybridized carbons (Fsp3) is 0.412. The Morgan fingerprint density at radius 2 is 2.23 bits per heavy atom. The van der Waals surface area contributed by atoms with E-state index in [4.69, 9.17) is 5.26 Å². The van der Waals surface area contributed by atoms with Gasteiger partial charge >= 0.3 is 0 Å². The van der Waals surface area contributed by atoms with Crippen LogP contribution in [0.5, 0.6) is 0 Å². The Labute approximate surface area is 129 Å². The van der Waals surface area contributed by atoms with Crippen molar-refractivity contribution in [1.82, 2.24) is 14.5 Å². The lowest BCUT2D eigenvalue weighted by Gasteiger charge is -2.38. The maximum atomic E-state index is 10.6. The molecule has 1 saturated heterocycles. The maximum absolute atomic E-state index is 10.6. The zero-order chi connectivity index (χ0) is 15.1. The molecule has 112 valence electrons. The van der Waals surface area contributed by atoms with Crippen LogP contribution in [-0.2, 0) is 0 Å². The smallest absolute Gasteiger partial charge is 0.0956 e. The summed E-state index contributed by atoms with van der Waals surface area (Å²) in [6.45, 7) is 1.82. The molecule has 22 heavy (non-hydrogen) atoms. The Morgan fingerprint density at radius 1 is 1.36 bits per heavy atom. The van der Waals surface area contributed by atoms with Crippen molar-refractivity contribution in [2.24, 2.45) is 5.92 Å². The number of aliphatic hydroxyl groups excluding tert-OH is 1. The van der Waals surface area contributed by atoms with E-state index in [1.54, 1.807) is 0 Å². The van der Waals surface area contributed by atoms with Crippen LogP contribution in [0.3, 0.4) is 0 Å². The highest BCUT2D eigenvalue weighted by atomic mass is 16.3. The first-order valence-corrected chi connectivity index (χ1v) is 7.68. The lowest BCUT2D eigenvalue weighted by atomic mass is 9.83. The molecule has 1 aromatic heterocycles. The summed E-state index contributed by atoms with van der Waals surface area (Å²) in [6.07, 6.45) is 4.23. The van der Waals surface area contributed by atoms with E-state index in [1.807, 2.05) is 23.5 Å². The van der Waals surface area contributed by atoms with Gasteiger partial charge in [-0.3, -0.25) is 4.90 Å². The molecule has 5 heteroatoms. The topological polar surface area (TPSA) is 65.1 Å². The van der Waals surface area contributed by atoms with Gasteiger partial charge in [0.25, 0.3) is 0 Å². The lowest BCUT2D eigenvalue weighted by molar-refractivity contribution is 0.0119. The number of aliphatic hydroxyl groups is 1. The third kappa shape index (κ3) is 1.96. The fourth-order valence-corrected chi connectivity index (χ4v) is 3.94. The van der Waals surface area contributed by atoms with Crippen LogP contribution in [0.15, 0.2) is 36.8 Å². The molecule has 5 nitrogen and oxygen atoms in total. The van der Waals surface area contributed by atoms with Crippen molar-refractivity contribution in [2.75, 3.05) is 19.6 Å². The standard InChI is InChI=1S/C17H18N4O/c18-6-8-20-7-5-14(16(22)10-20)17-13-4-2-1-3-12(13)15-9-19-11-21(15)17/h1-4,9,11,14,16-17,22H,5,7-8,10H2/t14-,16-,17-/m0/s1. The van der Waals surface area contributed by atoms with Gasteiger partial charge in [0.2, 0.25) is 0 Å². The number of hydrogen-bond acceptors (Lipinski definition) is 4. The first-order valence-electron chi connectivity index (χ1n) is 7.68. The summed E-state index contributed by atoms with van der Waals surface area (Å²) >= 11 is 0. The van der Waals surface area contributed by atoms with Crippen molar-refractivity contribution in [3.05, 3.63) is 42.4 Å². The first kappa shape index (κ1) is 13.5. The van der Waals surface area contributed by atoms with Gasteiger partial charge in [0.05, 0.1) is 43.0 Å². The largest absolute Gasteiger partial charge is 0.391 e. The Hall–Kier alpha value is -2.16. The van der Waals surface area contributed by atoms with E-state index in [0.29, 0.717) is 13.1 Å². The van der Waals surface area contributed by atoms with Crippen LogP contribution in [0.1, 0.15) is 18.0 Å². The predicted octanol–water partition coefficient (Wildman–Crippen LogP) is 1.66. The van der Waals surface area contributed by atoms with Crippen LogP contribution >= 0.6 is 0 Å². The number of rotatable bonds is 2. The summed E-state index contributed by atoms with van der Waals surface area (Å²) in [5.41, 5.74) is 3.63. The molecular formula is C17H18N4O. The van der Waals surface area contributed by atoms with E-state index in [0.717, 1.165) is 18.7 Å². The number of nitriles is 1. The molecule has 1 N–H and O–H groups in total. The molecule has 3 heterocycles. The normalized spacial score (nSPS) is 27.2. The molecule has 1 aromatic carbocycles. The van der Waals surface area contributed by atoms with Gasteiger partial charge in [0.15, 0.2) is 0 Å². The van der Waals surface area contributed by atoms with E-state index in [-0.39, 0.29) is 12.0 Å². The molecule has 2 aromatic rings. The van der Waals surface area contributed by atoms with Crippen molar-refractivity contribution in [1.29, 1.82) is 5.26 Å². The molecule has 0 saturated carbocycles. The van der Waals surface area contributed by atoms with Gasteiger partial charge in [-0.25, -0.2) is 4.98 Å². The second kappa shape index (κ2) is 5.24. The summed E-state index contributed by atoms with van der Waals surface area (Å²) in [5.74, 6) is 0.159. The number of nitrogens with zero attached hydrogens (tertiary/aromatic N) is 4. The Kier molecular flexibility index (Phi) is 3.21. The third-order valence-electron chi connectivity index (χ3n) is 4.94. The molecule has 4 rings (SSSR count). The van der Waals surface area contributed by atoms with Gasteiger partial charge in [-0.15, -0.1) is 0 Å². The highest BCUT2D eigenvalue weighted by Gasteiger charge is 2.40. The number of β-amino-alcohol motifs (C(OH)–C–C–N with tert-alkyl or cyclic N) is 1. The van der Waals surface area contributed by atoms with Gasteiger partial charge in [0.1, 0.15) is 0 Å². The molecule has 0 bridgehead atoms. The number of hydrogen-bond donors (Lipinski definition) is 1. The molecule has 2 aliphatic heterocycles. The van der Waals surface area contributed by atoms with Gasteiger partial charge < -0.3 is 9.67 Å². The van der Waals surface area contributed by atoms with E-state index >= 15 is 0 Å². The monoisotopic (exact) mass is 294 g/mol. The van der Waals surface area contributed by atoms with Crippen LogP contribution in [0.4, 0.5) is 0 Å². The van der Waals surface area contributed by atoms with Gasteiger partial charge in [-0.1, -0.05) is 24.3 Å². The molecular weight excluding hydrogens is 276 g/mol. The molecule has 0 aliphatic carbocycles. The van der Waals surface area contributed by atoms with E-state index in [9.17, 15) is 5.11 Å². The van der Waals surface area contributed by atoms with Gasteiger partial charge in [-0.05, 0) is 18.5 Å². The number of imidazole rings is 1. The average Bonchev–Trinajstić information content (AvgIpc) is 3.09. The minimum absolute atomic E-state index is 0.146. The molecule has 2 aliphatic rings. The zero-order valence-corrected chi connectivity index (χ0v) is 12.3. The number of benzene rings is 1. The predicted molar refractivity (Wildman–Crippen MR) is 82.0 cm³/mol. The van der Waals surface area contributed by atoms with Crippen LogP contribution in [0, 0.1) is 17.2 Å². The van der Waals surface area contributed by atoms with Crippen LogP contribution in [0.2, 0.25) is 0 Å². The lowest BCUT2D eigenvalue weighted by Crippen LogP contribution is -2.46. The Bertz CT molecular complexity index is 732. The summed E-state index contributed by atoms with van der Waals surface area (Å²) < 4.78 is 2.19. The summed E-state index contributed by atoms with van der Waals surface area (Å²) in [4.78, 5) is 6.31. The van der Waals surface area contributed by atoms with E-state index < -0.39 is 6.10 Å². The number of aromatic nitrogens is 2.